The Morgan fingerprint density at radius 1 is 1.00 bits per heavy atom. The van der Waals surface area contributed by atoms with Crippen LogP contribution in [0, 0.1) is 0 Å². The molecule has 0 saturated carbocycles. The van der Waals surface area contributed by atoms with Gasteiger partial charge in [0.25, 0.3) is 0 Å². The number of nitrogens with zero attached hydrogens (tertiary/aromatic N) is 2. The number of ketones is 1. The van der Waals surface area contributed by atoms with Crippen LogP contribution in [0.3, 0.4) is 0 Å². The third-order valence-electron chi connectivity index (χ3n) is 5.08. The monoisotopic (exact) mass is 380 g/mol. The molecule has 0 aromatic heterocycles. The molecule has 148 valence electrons. The summed E-state index contributed by atoms with van der Waals surface area (Å²) in [7, 11) is 5.30. The predicted molar refractivity (Wildman–Crippen MR) is 112 cm³/mol. The Labute approximate surface area is 167 Å². The quantitative estimate of drug-likeness (QED) is 0.544. The summed E-state index contributed by atoms with van der Waals surface area (Å²) in [4.78, 5) is 17.4. The molecule has 0 unspecified atom stereocenters. The number of carbonyl (C=O) groups is 1. The van der Waals surface area contributed by atoms with Gasteiger partial charge in [0.1, 0.15) is 11.5 Å². The number of carbonyl (C=O) groups excluding carboxylic acids is 1. The van der Waals surface area contributed by atoms with Gasteiger partial charge < -0.3 is 14.4 Å². The van der Waals surface area contributed by atoms with E-state index in [0.717, 1.165) is 38.3 Å². The number of allylic oxidation sites excluding steroid dienone is 1. The standard InChI is InChI=1S/C23H28N2O3/c1-24-12-14-25(15-13-24)17-19-6-4-18(5-7-19)8-10-22(26)21-16-20(27-2)9-11-23(21)28-3/h4-11,16H,12-15,17H2,1-3H3/b10-8+. The minimum absolute atomic E-state index is 0.114. The highest BCUT2D eigenvalue weighted by Gasteiger charge is 2.14. The lowest BCUT2D eigenvalue weighted by molar-refractivity contribution is 0.104. The molecule has 0 amide bonds. The molecule has 5 nitrogen and oxygen atoms in total. The molecule has 3 rings (SSSR count). The zero-order valence-electron chi connectivity index (χ0n) is 16.9. The van der Waals surface area contributed by atoms with Crippen LogP contribution < -0.4 is 9.47 Å². The smallest absolute Gasteiger partial charge is 0.189 e. The van der Waals surface area contributed by atoms with E-state index in [4.69, 9.17) is 9.47 Å². The van der Waals surface area contributed by atoms with Crippen molar-refractivity contribution in [3.05, 3.63) is 65.2 Å². The van der Waals surface area contributed by atoms with Crippen LogP contribution in [0.25, 0.3) is 6.08 Å². The molecule has 0 atom stereocenters. The van der Waals surface area contributed by atoms with E-state index in [9.17, 15) is 4.79 Å². The van der Waals surface area contributed by atoms with E-state index in [1.54, 1.807) is 38.5 Å². The number of hydrogen-bond acceptors (Lipinski definition) is 5. The van der Waals surface area contributed by atoms with Crippen molar-refractivity contribution in [2.75, 3.05) is 47.4 Å². The Morgan fingerprint density at radius 3 is 2.36 bits per heavy atom. The van der Waals surface area contributed by atoms with Crippen LogP contribution in [0.4, 0.5) is 0 Å². The minimum Gasteiger partial charge on any atom is -0.497 e. The molecule has 0 spiro atoms. The van der Waals surface area contributed by atoms with Crippen molar-refractivity contribution in [1.82, 2.24) is 9.80 Å². The molecular formula is C23H28N2O3. The third-order valence-corrected chi connectivity index (χ3v) is 5.08. The van der Waals surface area contributed by atoms with Gasteiger partial charge in [-0.1, -0.05) is 30.3 Å². The van der Waals surface area contributed by atoms with Gasteiger partial charge >= 0.3 is 0 Å². The molecule has 2 aromatic carbocycles. The van der Waals surface area contributed by atoms with E-state index >= 15 is 0 Å². The number of rotatable bonds is 7. The normalized spacial score (nSPS) is 15.7. The second kappa shape index (κ2) is 9.53. The molecule has 28 heavy (non-hydrogen) atoms. The molecule has 0 bridgehead atoms. The molecular weight excluding hydrogens is 352 g/mol. The zero-order chi connectivity index (χ0) is 19.9. The molecule has 1 saturated heterocycles. The first-order chi connectivity index (χ1) is 13.6. The minimum atomic E-state index is -0.114. The van der Waals surface area contributed by atoms with Gasteiger partial charge in [0, 0.05) is 32.7 Å². The Bertz CT molecular complexity index is 822. The van der Waals surface area contributed by atoms with Crippen LogP contribution in [0.1, 0.15) is 21.5 Å². The first kappa shape index (κ1) is 20.1. The van der Waals surface area contributed by atoms with Crippen molar-refractivity contribution in [2.24, 2.45) is 0 Å². The average molecular weight is 380 g/mol. The summed E-state index contributed by atoms with van der Waals surface area (Å²) in [5.41, 5.74) is 2.78. The van der Waals surface area contributed by atoms with E-state index in [2.05, 4.69) is 41.1 Å². The highest BCUT2D eigenvalue weighted by molar-refractivity contribution is 6.08. The fourth-order valence-electron chi connectivity index (χ4n) is 3.27. The predicted octanol–water partition coefficient (Wildman–Crippen LogP) is 3.35. The van der Waals surface area contributed by atoms with Gasteiger partial charge in [-0.25, -0.2) is 0 Å². The molecule has 0 radical (unpaired) electrons. The van der Waals surface area contributed by atoms with Gasteiger partial charge in [0.15, 0.2) is 5.78 Å². The highest BCUT2D eigenvalue weighted by atomic mass is 16.5. The van der Waals surface area contributed by atoms with Crippen molar-refractivity contribution in [3.63, 3.8) is 0 Å². The SMILES string of the molecule is COc1ccc(OC)c(C(=O)/C=C/c2ccc(CN3CCN(C)CC3)cc2)c1. The molecule has 1 heterocycles. The molecule has 1 aliphatic heterocycles. The Morgan fingerprint density at radius 2 is 1.71 bits per heavy atom. The average Bonchev–Trinajstić information content (AvgIpc) is 2.74. The van der Waals surface area contributed by atoms with Gasteiger partial charge in [-0.15, -0.1) is 0 Å². The number of ether oxygens (including phenoxy) is 2. The van der Waals surface area contributed by atoms with Gasteiger partial charge in [-0.2, -0.15) is 0 Å². The first-order valence-electron chi connectivity index (χ1n) is 9.53. The molecule has 0 N–H and O–H groups in total. The van der Waals surface area contributed by atoms with Gasteiger partial charge in [-0.05, 0) is 42.4 Å². The number of methoxy groups -OCH3 is 2. The number of benzene rings is 2. The lowest BCUT2D eigenvalue weighted by atomic mass is 10.1. The van der Waals surface area contributed by atoms with Crippen molar-refractivity contribution < 1.29 is 14.3 Å². The fraction of sp³-hybridized carbons (Fsp3) is 0.348. The van der Waals surface area contributed by atoms with Crippen molar-refractivity contribution >= 4 is 11.9 Å². The third kappa shape index (κ3) is 5.21. The Kier molecular flexibility index (Phi) is 6.85. The molecule has 2 aromatic rings. The van der Waals surface area contributed by atoms with Crippen LogP contribution in [-0.4, -0.2) is 63.0 Å². The van der Waals surface area contributed by atoms with Crippen molar-refractivity contribution in [3.8, 4) is 11.5 Å². The van der Waals surface area contributed by atoms with Crippen LogP contribution in [-0.2, 0) is 6.54 Å². The topological polar surface area (TPSA) is 42.0 Å². The summed E-state index contributed by atoms with van der Waals surface area (Å²) in [5, 5.41) is 0. The van der Waals surface area contributed by atoms with Crippen LogP contribution in [0.15, 0.2) is 48.5 Å². The molecule has 0 aliphatic carbocycles. The Hall–Kier alpha value is -2.63. The van der Waals surface area contributed by atoms with E-state index in [1.807, 2.05) is 6.08 Å². The first-order valence-corrected chi connectivity index (χ1v) is 9.53. The molecule has 5 heteroatoms. The maximum absolute atomic E-state index is 12.6. The summed E-state index contributed by atoms with van der Waals surface area (Å²) >= 11 is 0. The summed E-state index contributed by atoms with van der Waals surface area (Å²) in [6.07, 6.45) is 3.41. The van der Waals surface area contributed by atoms with Crippen molar-refractivity contribution in [1.29, 1.82) is 0 Å². The lowest BCUT2D eigenvalue weighted by Gasteiger charge is -2.32. The fourth-order valence-corrected chi connectivity index (χ4v) is 3.27. The number of likely N-dealkylation sites (N-methyl/N-ethyl adjacent to an activating group) is 1. The van der Waals surface area contributed by atoms with E-state index in [0.29, 0.717) is 17.1 Å². The second-order valence-corrected chi connectivity index (χ2v) is 7.08. The zero-order valence-corrected chi connectivity index (χ0v) is 16.9. The summed E-state index contributed by atoms with van der Waals surface area (Å²) in [5.74, 6) is 1.06. The van der Waals surface area contributed by atoms with Crippen molar-refractivity contribution in [2.45, 2.75) is 6.54 Å². The Balaban J connectivity index is 1.63. The van der Waals surface area contributed by atoms with Gasteiger partial charge in [0.2, 0.25) is 0 Å². The highest BCUT2D eigenvalue weighted by Crippen LogP contribution is 2.25. The number of piperazine rings is 1. The molecule has 1 fully saturated rings. The summed E-state index contributed by atoms with van der Waals surface area (Å²) < 4.78 is 10.5. The lowest BCUT2D eigenvalue weighted by Crippen LogP contribution is -2.43. The van der Waals surface area contributed by atoms with Crippen LogP contribution in [0.5, 0.6) is 11.5 Å². The van der Waals surface area contributed by atoms with Gasteiger partial charge in [0.05, 0.1) is 19.8 Å². The van der Waals surface area contributed by atoms with E-state index in [1.165, 1.54) is 5.56 Å². The van der Waals surface area contributed by atoms with Crippen LogP contribution >= 0.6 is 0 Å². The van der Waals surface area contributed by atoms with E-state index in [-0.39, 0.29) is 5.78 Å². The summed E-state index contributed by atoms with van der Waals surface area (Å²) in [6.45, 7) is 5.43. The largest absolute Gasteiger partial charge is 0.497 e. The maximum atomic E-state index is 12.6. The van der Waals surface area contributed by atoms with E-state index < -0.39 is 0 Å². The number of hydrogen-bond donors (Lipinski definition) is 0. The summed E-state index contributed by atoms with van der Waals surface area (Å²) in [6, 6.07) is 13.6. The maximum Gasteiger partial charge on any atom is 0.189 e. The van der Waals surface area contributed by atoms with Gasteiger partial charge in [-0.3, -0.25) is 9.69 Å². The van der Waals surface area contributed by atoms with Crippen LogP contribution in [0.2, 0.25) is 0 Å². The second-order valence-electron chi connectivity index (χ2n) is 7.08. The molecule has 1 aliphatic rings.